The van der Waals surface area contributed by atoms with E-state index in [1.54, 1.807) is 12.4 Å². The highest BCUT2D eigenvalue weighted by atomic mass is 32.2. The van der Waals surface area contributed by atoms with Crippen LogP contribution in [0.15, 0.2) is 47.0 Å². The van der Waals surface area contributed by atoms with Crippen LogP contribution in [0.5, 0.6) is 0 Å². The van der Waals surface area contributed by atoms with Crippen LogP contribution in [-0.2, 0) is 6.42 Å². The number of nitrogens with zero attached hydrogens (tertiary/aromatic N) is 3. The quantitative estimate of drug-likeness (QED) is 0.835. The normalized spacial score (nSPS) is 12.4. The van der Waals surface area contributed by atoms with E-state index in [-0.39, 0.29) is 6.04 Å². The van der Waals surface area contributed by atoms with Crippen molar-refractivity contribution in [3.63, 3.8) is 0 Å². The molecule has 2 N–H and O–H groups in total. The van der Waals surface area contributed by atoms with E-state index in [0.717, 1.165) is 22.0 Å². The Morgan fingerprint density at radius 3 is 2.47 bits per heavy atom. The van der Waals surface area contributed by atoms with Crippen molar-refractivity contribution in [1.82, 2.24) is 15.0 Å². The smallest absolute Gasteiger partial charge is 0.192 e. The molecule has 0 spiro atoms. The van der Waals surface area contributed by atoms with E-state index in [1.807, 2.05) is 31.5 Å². The molecule has 0 saturated carbocycles. The molecule has 1 unspecified atom stereocenters. The summed E-state index contributed by atoms with van der Waals surface area (Å²) in [6.07, 6.45) is 7.99. The van der Waals surface area contributed by atoms with Gasteiger partial charge in [-0.2, -0.15) is 0 Å². The predicted molar refractivity (Wildman–Crippen MR) is 67.7 cm³/mol. The summed E-state index contributed by atoms with van der Waals surface area (Å²) in [6.45, 7) is 1.97. The Labute approximate surface area is 105 Å². The van der Waals surface area contributed by atoms with E-state index in [1.165, 1.54) is 11.8 Å². The molecule has 1 atom stereocenters. The molecule has 0 fully saturated rings. The lowest BCUT2D eigenvalue weighted by Gasteiger charge is -2.04. The zero-order valence-electron chi connectivity index (χ0n) is 9.58. The lowest BCUT2D eigenvalue weighted by atomic mass is 10.1. The van der Waals surface area contributed by atoms with Crippen LogP contribution in [-0.4, -0.2) is 21.0 Å². The molecule has 88 valence electrons. The van der Waals surface area contributed by atoms with Crippen molar-refractivity contribution >= 4 is 11.8 Å². The largest absolute Gasteiger partial charge is 0.328 e. The summed E-state index contributed by atoms with van der Waals surface area (Å²) in [7, 11) is 0. The zero-order valence-corrected chi connectivity index (χ0v) is 10.4. The first-order chi connectivity index (χ1) is 8.24. The Kier molecular flexibility index (Phi) is 4.06. The van der Waals surface area contributed by atoms with Gasteiger partial charge in [0.2, 0.25) is 0 Å². The molecule has 2 aromatic heterocycles. The van der Waals surface area contributed by atoms with Gasteiger partial charge in [0.1, 0.15) is 0 Å². The van der Waals surface area contributed by atoms with Crippen LogP contribution in [0.4, 0.5) is 0 Å². The third-order valence-electron chi connectivity index (χ3n) is 2.10. The Bertz CT molecular complexity index is 456. The van der Waals surface area contributed by atoms with E-state index in [0.29, 0.717) is 0 Å². The molecule has 0 saturated heterocycles. The van der Waals surface area contributed by atoms with E-state index in [9.17, 15) is 0 Å². The van der Waals surface area contributed by atoms with Crippen LogP contribution in [0.2, 0.25) is 0 Å². The molecule has 0 aliphatic heterocycles. The highest BCUT2D eigenvalue weighted by Gasteiger charge is 2.02. The van der Waals surface area contributed by atoms with Crippen LogP contribution >= 0.6 is 11.8 Å². The summed E-state index contributed by atoms with van der Waals surface area (Å²) in [5, 5.41) is 0.740. The van der Waals surface area contributed by atoms with E-state index in [4.69, 9.17) is 5.73 Å². The number of aromatic nitrogens is 3. The van der Waals surface area contributed by atoms with Gasteiger partial charge in [-0.15, -0.1) is 0 Å². The fourth-order valence-electron chi connectivity index (χ4n) is 1.38. The molecule has 0 aromatic carbocycles. The number of nitrogens with two attached hydrogens (primary N) is 1. The van der Waals surface area contributed by atoms with Crippen molar-refractivity contribution in [2.24, 2.45) is 5.73 Å². The van der Waals surface area contributed by atoms with Gasteiger partial charge >= 0.3 is 0 Å². The molecule has 2 aromatic rings. The highest BCUT2D eigenvalue weighted by Crippen LogP contribution is 2.22. The molecular weight excluding hydrogens is 232 g/mol. The minimum atomic E-state index is 0.136. The zero-order chi connectivity index (χ0) is 12.1. The van der Waals surface area contributed by atoms with E-state index >= 15 is 0 Å². The Morgan fingerprint density at radius 2 is 1.88 bits per heavy atom. The molecule has 17 heavy (non-hydrogen) atoms. The second kappa shape index (κ2) is 5.75. The molecule has 0 aliphatic carbocycles. The van der Waals surface area contributed by atoms with Gasteiger partial charge in [0, 0.05) is 35.7 Å². The molecule has 0 aliphatic rings. The van der Waals surface area contributed by atoms with Gasteiger partial charge in [0.05, 0.1) is 0 Å². The van der Waals surface area contributed by atoms with Crippen LogP contribution in [0, 0.1) is 0 Å². The van der Waals surface area contributed by atoms with Crippen LogP contribution in [0.25, 0.3) is 0 Å². The Hall–Kier alpha value is -1.46. The highest BCUT2D eigenvalue weighted by molar-refractivity contribution is 7.99. The maximum absolute atomic E-state index is 5.72. The van der Waals surface area contributed by atoms with E-state index in [2.05, 4.69) is 15.0 Å². The molecule has 5 heteroatoms. The number of hydrogen-bond donors (Lipinski definition) is 1. The topological polar surface area (TPSA) is 64.7 Å². The van der Waals surface area contributed by atoms with Crippen molar-refractivity contribution in [2.45, 2.75) is 29.4 Å². The first-order valence-electron chi connectivity index (χ1n) is 5.38. The Morgan fingerprint density at radius 1 is 1.24 bits per heavy atom. The van der Waals surface area contributed by atoms with Gasteiger partial charge < -0.3 is 5.73 Å². The van der Waals surface area contributed by atoms with Crippen LogP contribution in [0.3, 0.4) is 0 Å². The monoisotopic (exact) mass is 246 g/mol. The number of pyridine rings is 1. The van der Waals surface area contributed by atoms with Crippen molar-refractivity contribution < 1.29 is 0 Å². The van der Waals surface area contributed by atoms with Crippen molar-refractivity contribution in [2.75, 3.05) is 0 Å². The average molecular weight is 246 g/mol. The summed E-state index contributed by atoms with van der Waals surface area (Å²) >= 11 is 1.52. The molecular formula is C12H14N4S. The lowest BCUT2D eigenvalue weighted by Crippen LogP contribution is -2.17. The lowest BCUT2D eigenvalue weighted by molar-refractivity contribution is 0.727. The van der Waals surface area contributed by atoms with Gasteiger partial charge in [-0.05, 0) is 42.8 Å². The summed E-state index contributed by atoms with van der Waals surface area (Å²) < 4.78 is 0. The van der Waals surface area contributed by atoms with Crippen LogP contribution < -0.4 is 5.73 Å². The summed E-state index contributed by atoms with van der Waals surface area (Å²) in [5.74, 6) is 0. The third-order valence-corrected chi connectivity index (χ3v) is 3.00. The van der Waals surface area contributed by atoms with Gasteiger partial charge in [0.25, 0.3) is 0 Å². The minimum Gasteiger partial charge on any atom is -0.328 e. The Balaban J connectivity index is 2.03. The maximum Gasteiger partial charge on any atom is 0.192 e. The second-order valence-corrected chi connectivity index (χ2v) is 4.88. The van der Waals surface area contributed by atoms with Gasteiger partial charge in [-0.1, -0.05) is 0 Å². The summed E-state index contributed by atoms with van der Waals surface area (Å²) in [6, 6.07) is 4.01. The fourth-order valence-corrected chi connectivity index (χ4v) is 2.06. The SMILES string of the molecule is CC(N)Cc1cnc(Sc2ccncc2)nc1. The van der Waals surface area contributed by atoms with Crippen molar-refractivity contribution in [1.29, 1.82) is 0 Å². The van der Waals surface area contributed by atoms with Crippen LogP contribution in [0.1, 0.15) is 12.5 Å². The van der Waals surface area contributed by atoms with Crippen molar-refractivity contribution in [3.05, 3.63) is 42.5 Å². The van der Waals surface area contributed by atoms with E-state index < -0.39 is 0 Å². The number of rotatable bonds is 4. The first kappa shape index (κ1) is 12.0. The summed E-state index contributed by atoms with van der Waals surface area (Å²) in [5.41, 5.74) is 6.79. The number of hydrogen-bond acceptors (Lipinski definition) is 5. The summed E-state index contributed by atoms with van der Waals surface area (Å²) in [4.78, 5) is 13.7. The average Bonchev–Trinajstić information content (AvgIpc) is 2.32. The minimum absolute atomic E-state index is 0.136. The first-order valence-corrected chi connectivity index (χ1v) is 6.20. The molecule has 2 heterocycles. The molecule has 0 bridgehead atoms. The second-order valence-electron chi connectivity index (χ2n) is 3.84. The van der Waals surface area contributed by atoms with Crippen molar-refractivity contribution in [3.8, 4) is 0 Å². The molecule has 0 radical (unpaired) electrons. The van der Waals surface area contributed by atoms with Gasteiger partial charge in [-0.25, -0.2) is 9.97 Å². The molecule has 0 amide bonds. The maximum atomic E-state index is 5.72. The van der Waals surface area contributed by atoms with Gasteiger partial charge in [0.15, 0.2) is 5.16 Å². The fraction of sp³-hybridized carbons (Fsp3) is 0.250. The standard InChI is InChI=1S/C12H14N4S/c1-9(13)6-10-7-15-12(16-8-10)17-11-2-4-14-5-3-11/h2-5,7-9H,6,13H2,1H3. The molecule has 4 nitrogen and oxygen atoms in total. The predicted octanol–water partition coefficient (Wildman–Crippen LogP) is 1.91. The third kappa shape index (κ3) is 3.80. The molecule has 2 rings (SSSR count). The van der Waals surface area contributed by atoms with Gasteiger partial charge in [-0.3, -0.25) is 4.98 Å².